The molecule has 6 nitrogen and oxygen atoms in total. The maximum Gasteiger partial charge on any atom is 0.256 e. The van der Waals surface area contributed by atoms with E-state index in [2.05, 4.69) is 31.2 Å². The van der Waals surface area contributed by atoms with Crippen molar-refractivity contribution in [1.82, 2.24) is 14.9 Å². The highest BCUT2D eigenvalue weighted by molar-refractivity contribution is 9.10. The summed E-state index contributed by atoms with van der Waals surface area (Å²) in [6.45, 7) is 1.68. The molecule has 3 aromatic rings. The average molecular weight is 431 g/mol. The fourth-order valence-electron chi connectivity index (χ4n) is 2.65. The first-order chi connectivity index (χ1) is 12.8. The lowest BCUT2D eigenvalue weighted by molar-refractivity contribution is -0.116. The number of hydrogen-bond donors (Lipinski definition) is 1. The number of anilines is 1. The van der Waals surface area contributed by atoms with E-state index in [1.165, 1.54) is 30.4 Å². The molecule has 0 spiro atoms. The Labute approximate surface area is 163 Å². The number of nitrogens with one attached hydrogen (secondary N) is 1. The number of aromatic nitrogens is 2. The van der Waals surface area contributed by atoms with Crippen LogP contribution in [0.5, 0.6) is 0 Å². The van der Waals surface area contributed by atoms with E-state index < -0.39 is 11.7 Å². The monoisotopic (exact) mass is 430 g/mol. The number of fused-ring (bicyclic) bond motifs is 1. The minimum absolute atomic E-state index is 0.0632. The van der Waals surface area contributed by atoms with Gasteiger partial charge in [-0.05, 0) is 36.8 Å². The highest BCUT2D eigenvalue weighted by Gasteiger charge is 2.20. The molecule has 2 amide bonds. The van der Waals surface area contributed by atoms with E-state index in [4.69, 9.17) is 0 Å². The maximum atomic E-state index is 13.8. The van der Waals surface area contributed by atoms with Gasteiger partial charge in [-0.2, -0.15) is 0 Å². The smallest absolute Gasteiger partial charge is 0.256 e. The van der Waals surface area contributed by atoms with Crippen molar-refractivity contribution >= 4 is 44.5 Å². The van der Waals surface area contributed by atoms with E-state index in [0.717, 1.165) is 16.1 Å². The van der Waals surface area contributed by atoms with Gasteiger partial charge in [0.25, 0.3) is 5.91 Å². The molecule has 0 aliphatic carbocycles. The van der Waals surface area contributed by atoms with E-state index in [1.807, 2.05) is 19.1 Å². The largest absolute Gasteiger partial charge is 0.332 e. The maximum absolute atomic E-state index is 13.8. The number of benzene rings is 2. The summed E-state index contributed by atoms with van der Waals surface area (Å²) < 4.78 is 14.7. The summed E-state index contributed by atoms with van der Waals surface area (Å²) in [7, 11) is 1.48. The molecule has 0 saturated carbocycles. The van der Waals surface area contributed by atoms with Gasteiger partial charge >= 0.3 is 0 Å². The van der Waals surface area contributed by atoms with Crippen LogP contribution in [0.15, 0.2) is 47.2 Å². The van der Waals surface area contributed by atoms with Gasteiger partial charge in [-0.25, -0.2) is 4.39 Å². The number of likely N-dealkylation sites (N-methyl/N-ethyl adjacent to an activating group) is 1. The molecular formula is C19H16BrFN4O2. The van der Waals surface area contributed by atoms with E-state index in [9.17, 15) is 14.0 Å². The third-order valence-electron chi connectivity index (χ3n) is 3.96. The standard InChI is InChI=1S/C19H16BrFN4O2/c1-11-7-12(20)3-4-15(11)24-17(26)10-25(2)19(27)14-8-13(21)9-16-18(14)23-6-5-22-16/h3-9H,10H2,1-2H3,(H,24,26). The Balaban J connectivity index is 1.77. The van der Waals surface area contributed by atoms with Crippen LogP contribution in [-0.2, 0) is 4.79 Å². The molecule has 0 fully saturated rings. The van der Waals surface area contributed by atoms with Gasteiger partial charge in [-0.15, -0.1) is 0 Å². The first-order valence-corrected chi connectivity index (χ1v) is 8.86. The van der Waals surface area contributed by atoms with Gasteiger partial charge in [-0.1, -0.05) is 15.9 Å². The number of hydrogen-bond acceptors (Lipinski definition) is 4. The zero-order chi connectivity index (χ0) is 19.6. The first kappa shape index (κ1) is 18.9. The minimum atomic E-state index is -0.588. The van der Waals surface area contributed by atoms with Crippen molar-refractivity contribution in [2.75, 3.05) is 18.9 Å². The Hall–Kier alpha value is -2.87. The third kappa shape index (κ3) is 4.28. The van der Waals surface area contributed by atoms with Crippen molar-refractivity contribution in [1.29, 1.82) is 0 Å². The van der Waals surface area contributed by atoms with E-state index in [1.54, 1.807) is 6.07 Å². The topological polar surface area (TPSA) is 75.2 Å². The predicted molar refractivity (Wildman–Crippen MR) is 104 cm³/mol. The summed E-state index contributed by atoms with van der Waals surface area (Å²) in [6.07, 6.45) is 2.85. The Morgan fingerprint density at radius 2 is 1.93 bits per heavy atom. The Bertz CT molecular complexity index is 1040. The predicted octanol–water partition coefficient (Wildman–Crippen LogP) is 3.55. The number of amides is 2. The van der Waals surface area contributed by atoms with Crippen LogP contribution >= 0.6 is 15.9 Å². The lowest BCUT2D eigenvalue weighted by Gasteiger charge is -2.18. The summed E-state index contributed by atoms with van der Waals surface area (Å²) in [4.78, 5) is 34.4. The van der Waals surface area contributed by atoms with E-state index >= 15 is 0 Å². The number of rotatable bonds is 4. The molecule has 0 radical (unpaired) electrons. The van der Waals surface area contributed by atoms with Crippen LogP contribution in [0.25, 0.3) is 11.0 Å². The Morgan fingerprint density at radius 1 is 1.19 bits per heavy atom. The van der Waals surface area contributed by atoms with Crippen LogP contribution in [0.2, 0.25) is 0 Å². The molecule has 1 N–H and O–H groups in total. The lowest BCUT2D eigenvalue weighted by Crippen LogP contribution is -2.35. The Kier molecular flexibility index (Phi) is 5.46. The first-order valence-electron chi connectivity index (χ1n) is 8.07. The van der Waals surface area contributed by atoms with Crippen molar-refractivity contribution in [3.8, 4) is 0 Å². The third-order valence-corrected chi connectivity index (χ3v) is 4.45. The molecule has 0 atom stereocenters. The highest BCUT2D eigenvalue weighted by atomic mass is 79.9. The molecular weight excluding hydrogens is 415 g/mol. The summed E-state index contributed by atoms with van der Waals surface area (Å²) in [6, 6.07) is 7.78. The molecule has 2 aromatic carbocycles. The van der Waals surface area contributed by atoms with Gasteiger partial charge < -0.3 is 10.2 Å². The molecule has 0 aliphatic rings. The summed E-state index contributed by atoms with van der Waals surface area (Å²) in [5.41, 5.74) is 2.18. The van der Waals surface area contributed by atoms with Gasteiger partial charge in [0.05, 0.1) is 17.6 Å². The van der Waals surface area contributed by atoms with Gasteiger partial charge in [0.1, 0.15) is 11.3 Å². The fraction of sp³-hybridized carbons (Fsp3) is 0.158. The Morgan fingerprint density at radius 3 is 2.67 bits per heavy atom. The quantitative estimate of drug-likeness (QED) is 0.686. The van der Waals surface area contributed by atoms with Crippen LogP contribution in [-0.4, -0.2) is 40.3 Å². The minimum Gasteiger partial charge on any atom is -0.332 e. The van der Waals surface area contributed by atoms with Crippen LogP contribution in [0.3, 0.4) is 0 Å². The molecule has 3 rings (SSSR count). The number of halogens is 2. The molecule has 0 saturated heterocycles. The van der Waals surface area contributed by atoms with Gasteiger partial charge in [0.2, 0.25) is 5.91 Å². The van der Waals surface area contributed by atoms with Crippen molar-refractivity contribution in [3.05, 3.63) is 64.1 Å². The highest BCUT2D eigenvalue weighted by Crippen LogP contribution is 2.21. The summed E-state index contributed by atoms with van der Waals surface area (Å²) >= 11 is 3.37. The lowest BCUT2D eigenvalue weighted by atomic mass is 10.1. The number of carbonyl (C=O) groups excluding carboxylic acids is 2. The molecule has 8 heteroatoms. The van der Waals surface area contributed by atoms with Crippen LogP contribution in [0.4, 0.5) is 10.1 Å². The van der Waals surface area contributed by atoms with Crippen LogP contribution in [0, 0.1) is 12.7 Å². The molecule has 1 heterocycles. The van der Waals surface area contributed by atoms with Crippen molar-refractivity contribution in [2.45, 2.75) is 6.92 Å². The summed E-state index contributed by atoms with van der Waals surface area (Å²) in [5.74, 6) is -1.46. The van der Waals surface area contributed by atoms with Crippen LogP contribution < -0.4 is 5.32 Å². The molecule has 27 heavy (non-hydrogen) atoms. The number of nitrogens with zero attached hydrogens (tertiary/aromatic N) is 3. The van der Waals surface area contributed by atoms with Crippen molar-refractivity contribution in [3.63, 3.8) is 0 Å². The van der Waals surface area contributed by atoms with Crippen molar-refractivity contribution < 1.29 is 14.0 Å². The van der Waals surface area contributed by atoms with Gasteiger partial charge in [-0.3, -0.25) is 19.6 Å². The van der Waals surface area contributed by atoms with Gasteiger partial charge in [0.15, 0.2) is 0 Å². The zero-order valence-corrected chi connectivity index (χ0v) is 16.2. The van der Waals surface area contributed by atoms with E-state index in [0.29, 0.717) is 11.2 Å². The van der Waals surface area contributed by atoms with Crippen molar-refractivity contribution in [2.24, 2.45) is 0 Å². The fourth-order valence-corrected chi connectivity index (χ4v) is 3.13. The molecule has 0 bridgehead atoms. The molecule has 0 aliphatic heterocycles. The van der Waals surface area contributed by atoms with E-state index in [-0.39, 0.29) is 23.5 Å². The normalized spacial score (nSPS) is 10.7. The number of aryl methyl sites for hydroxylation is 1. The second kappa shape index (κ2) is 7.79. The zero-order valence-electron chi connectivity index (χ0n) is 14.7. The SMILES string of the molecule is Cc1cc(Br)ccc1NC(=O)CN(C)C(=O)c1cc(F)cc2nccnc12. The summed E-state index contributed by atoms with van der Waals surface area (Å²) in [5, 5.41) is 2.77. The molecule has 1 aromatic heterocycles. The molecule has 0 unspecified atom stereocenters. The second-order valence-corrected chi connectivity index (χ2v) is 6.96. The van der Waals surface area contributed by atoms with Crippen LogP contribution in [0.1, 0.15) is 15.9 Å². The number of carbonyl (C=O) groups is 2. The molecule has 138 valence electrons. The van der Waals surface area contributed by atoms with Gasteiger partial charge in [0, 0.05) is 35.7 Å². The second-order valence-electron chi connectivity index (χ2n) is 6.05. The average Bonchev–Trinajstić information content (AvgIpc) is 2.62.